The quantitative estimate of drug-likeness (QED) is 0.317. The molecule has 9 nitrogen and oxygen atoms in total. The van der Waals surface area contributed by atoms with Gasteiger partial charge in [0.15, 0.2) is 11.5 Å². The number of carbonyl (C=O) groups excluding carboxylic acids is 1. The molecule has 0 saturated carbocycles. The maximum atomic E-state index is 12.2. The molecule has 3 aromatic carbocycles. The van der Waals surface area contributed by atoms with Crippen LogP contribution in [0, 0.1) is 0 Å². The third kappa shape index (κ3) is 5.45. The fourth-order valence-electron chi connectivity index (χ4n) is 4.70. The van der Waals surface area contributed by atoms with Crippen molar-refractivity contribution in [2.75, 3.05) is 19.0 Å². The first kappa shape index (κ1) is 27.0. The van der Waals surface area contributed by atoms with Crippen LogP contribution in [-0.2, 0) is 25.2 Å². The zero-order valence-corrected chi connectivity index (χ0v) is 23.1. The number of fused-ring (bicyclic) bond motifs is 1. The second kappa shape index (κ2) is 10.5. The van der Waals surface area contributed by atoms with E-state index in [1.807, 2.05) is 41.3 Å². The summed E-state index contributed by atoms with van der Waals surface area (Å²) in [5.74, 6) is -0.532. The molecular weight excluding hydrogens is 563 g/mol. The number of aliphatic imine (C=N–C) groups is 2. The van der Waals surface area contributed by atoms with Gasteiger partial charge >= 0.3 is 16.1 Å². The van der Waals surface area contributed by atoms with Crippen LogP contribution in [0.1, 0.15) is 24.5 Å². The van der Waals surface area contributed by atoms with E-state index in [1.54, 1.807) is 18.2 Å². The number of esters is 1. The highest BCUT2D eigenvalue weighted by atomic mass is 35.5. The number of halogens is 2. The maximum Gasteiger partial charge on any atom is 0.345 e. The Labute approximate surface area is 236 Å². The number of guanidine groups is 1. The molecule has 202 valence electrons. The van der Waals surface area contributed by atoms with Gasteiger partial charge in [-0.15, -0.1) is 0 Å². The number of nitrogens with zero attached hydrogens (tertiary/aromatic N) is 3. The smallest absolute Gasteiger partial charge is 0.345 e. The van der Waals surface area contributed by atoms with Gasteiger partial charge in [0.05, 0.1) is 0 Å². The molecule has 39 heavy (non-hydrogen) atoms. The molecule has 1 atom stereocenters. The van der Waals surface area contributed by atoms with E-state index < -0.39 is 27.6 Å². The average molecular weight is 587 g/mol. The van der Waals surface area contributed by atoms with Crippen molar-refractivity contribution >= 4 is 51.1 Å². The number of ether oxygens (including phenoxy) is 1. The standard InChI is InChI=1S/C27H24Cl2N4O5S/c1-17(34)37-16-39(35,36)38-24-8-6-20(7-9-24)27(25-31-10-3-11-33(25)26(30)32-27)21-5-2-4-18(12-21)19-13-22(28)15-23(29)14-19/h2,4-9,12-15H,3,10-11,16H2,1H3,(H2,30,32). The van der Waals surface area contributed by atoms with Crippen LogP contribution < -0.4 is 9.92 Å². The minimum absolute atomic E-state index is 0.0563. The zero-order valence-electron chi connectivity index (χ0n) is 20.8. The fraction of sp³-hybridized carbons (Fsp3) is 0.222. The van der Waals surface area contributed by atoms with E-state index in [1.165, 1.54) is 12.1 Å². The number of hydrogen-bond donors (Lipinski definition) is 1. The fourth-order valence-corrected chi connectivity index (χ4v) is 5.98. The summed E-state index contributed by atoms with van der Waals surface area (Å²) in [5, 5.41) is 1.03. The molecule has 12 heteroatoms. The molecule has 0 saturated heterocycles. The maximum absolute atomic E-state index is 12.2. The molecule has 0 bridgehead atoms. The SMILES string of the molecule is CC(=O)OCS(=O)(=O)Oc1ccc(C2(c3cccc(-c4cc(Cl)cc(Cl)c4)c3)N=C(N)N3CCCN=C32)cc1. The van der Waals surface area contributed by atoms with Crippen molar-refractivity contribution in [3.8, 4) is 16.9 Å². The molecule has 2 N–H and O–H groups in total. The first-order chi connectivity index (χ1) is 18.6. The van der Waals surface area contributed by atoms with Gasteiger partial charge in [0.25, 0.3) is 0 Å². The Bertz CT molecular complexity index is 1590. The molecule has 0 aliphatic carbocycles. The van der Waals surface area contributed by atoms with Gasteiger partial charge < -0.3 is 14.7 Å². The van der Waals surface area contributed by atoms with Gasteiger partial charge in [-0.3, -0.25) is 14.7 Å². The van der Waals surface area contributed by atoms with Gasteiger partial charge in [0, 0.05) is 30.1 Å². The van der Waals surface area contributed by atoms with Gasteiger partial charge in [-0.2, -0.15) is 8.42 Å². The van der Waals surface area contributed by atoms with Crippen LogP contribution in [0.2, 0.25) is 10.0 Å². The van der Waals surface area contributed by atoms with Crippen LogP contribution in [-0.4, -0.2) is 50.1 Å². The predicted octanol–water partition coefficient (Wildman–Crippen LogP) is 4.57. The Morgan fingerprint density at radius 1 is 1.03 bits per heavy atom. The van der Waals surface area contributed by atoms with Gasteiger partial charge in [0.1, 0.15) is 11.6 Å². The van der Waals surface area contributed by atoms with Crippen LogP contribution in [0.5, 0.6) is 5.75 Å². The Morgan fingerprint density at radius 2 is 1.74 bits per heavy atom. The number of hydrogen-bond acceptors (Lipinski definition) is 9. The van der Waals surface area contributed by atoms with Gasteiger partial charge in [0.2, 0.25) is 5.94 Å². The molecule has 0 fully saturated rings. The lowest BCUT2D eigenvalue weighted by Gasteiger charge is -2.33. The highest BCUT2D eigenvalue weighted by Crippen LogP contribution is 2.43. The molecule has 3 aromatic rings. The number of benzene rings is 3. The van der Waals surface area contributed by atoms with E-state index in [9.17, 15) is 13.2 Å². The van der Waals surface area contributed by atoms with Crippen molar-refractivity contribution < 1.29 is 22.1 Å². The zero-order chi connectivity index (χ0) is 27.8. The van der Waals surface area contributed by atoms with Crippen LogP contribution in [0.25, 0.3) is 11.1 Å². The van der Waals surface area contributed by atoms with Crippen molar-refractivity contribution in [1.29, 1.82) is 0 Å². The third-order valence-electron chi connectivity index (χ3n) is 6.32. The number of amidine groups is 1. The van der Waals surface area contributed by atoms with Crippen molar-refractivity contribution in [3.05, 3.63) is 87.9 Å². The lowest BCUT2D eigenvalue weighted by Crippen LogP contribution is -2.46. The van der Waals surface area contributed by atoms with E-state index in [0.29, 0.717) is 40.5 Å². The van der Waals surface area contributed by atoms with Crippen LogP contribution >= 0.6 is 23.2 Å². The Hall–Kier alpha value is -3.60. The van der Waals surface area contributed by atoms with E-state index in [0.717, 1.165) is 30.0 Å². The minimum atomic E-state index is -4.14. The Morgan fingerprint density at radius 3 is 2.44 bits per heavy atom. The summed E-state index contributed by atoms with van der Waals surface area (Å²) in [7, 11) is -4.14. The highest BCUT2D eigenvalue weighted by Gasteiger charge is 2.49. The van der Waals surface area contributed by atoms with Crippen LogP contribution in [0.4, 0.5) is 0 Å². The second-order valence-electron chi connectivity index (χ2n) is 9.05. The van der Waals surface area contributed by atoms with Crippen molar-refractivity contribution in [2.45, 2.75) is 18.9 Å². The normalized spacial score (nSPS) is 18.7. The molecular formula is C27H24Cl2N4O5S. The van der Waals surface area contributed by atoms with Gasteiger partial charge in [-0.05, 0) is 65.1 Å². The topological polar surface area (TPSA) is 124 Å². The summed E-state index contributed by atoms with van der Waals surface area (Å²) in [6.07, 6.45) is 0.837. The number of nitrogens with two attached hydrogens (primary N) is 1. The first-order valence-electron chi connectivity index (χ1n) is 12.0. The third-order valence-corrected chi connectivity index (χ3v) is 7.61. The molecule has 5 rings (SSSR count). The first-order valence-corrected chi connectivity index (χ1v) is 14.3. The summed E-state index contributed by atoms with van der Waals surface area (Å²) >= 11 is 12.5. The molecule has 2 heterocycles. The van der Waals surface area contributed by atoms with Crippen molar-refractivity contribution in [2.24, 2.45) is 15.7 Å². The molecule has 0 radical (unpaired) electrons. The molecule has 0 spiro atoms. The Balaban J connectivity index is 1.59. The van der Waals surface area contributed by atoms with Gasteiger partial charge in [-0.1, -0.05) is 53.5 Å². The van der Waals surface area contributed by atoms with E-state index in [4.69, 9.17) is 43.1 Å². The molecule has 2 aliphatic rings. The number of rotatable bonds is 7. The Kier molecular flexibility index (Phi) is 7.28. The lowest BCUT2D eigenvalue weighted by molar-refractivity contribution is -0.139. The summed E-state index contributed by atoms with van der Waals surface area (Å²) in [6, 6.07) is 19.6. The van der Waals surface area contributed by atoms with E-state index >= 15 is 0 Å². The van der Waals surface area contributed by atoms with E-state index in [-0.39, 0.29) is 5.75 Å². The summed E-state index contributed by atoms with van der Waals surface area (Å²) in [4.78, 5) is 22.7. The summed E-state index contributed by atoms with van der Waals surface area (Å²) < 4.78 is 34.1. The van der Waals surface area contributed by atoms with E-state index in [2.05, 4.69) is 4.74 Å². The second-order valence-corrected chi connectivity index (χ2v) is 11.4. The molecule has 2 aliphatic heterocycles. The predicted molar refractivity (Wildman–Crippen MR) is 151 cm³/mol. The van der Waals surface area contributed by atoms with Crippen LogP contribution in [0.3, 0.4) is 0 Å². The highest BCUT2D eigenvalue weighted by molar-refractivity contribution is 7.86. The number of carbonyl (C=O) groups is 1. The van der Waals surface area contributed by atoms with Crippen molar-refractivity contribution in [1.82, 2.24) is 4.90 Å². The molecule has 1 unspecified atom stereocenters. The summed E-state index contributed by atoms with van der Waals surface area (Å²) in [6.45, 7) is 2.41. The van der Waals surface area contributed by atoms with Crippen molar-refractivity contribution in [3.63, 3.8) is 0 Å². The molecule has 0 amide bonds. The van der Waals surface area contributed by atoms with Gasteiger partial charge in [-0.25, -0.2) is 4.99 Å². The monoisotopic (exact) mass is 586 g/mol. The minimum Gasteiger partial charge on any atom is -0.446 e. The molecule has 0 aromatic heterocycles. The largest absolute Gasteiger partial charge is 0.446 e. The van der Waals surface area contributed by atoms with Crippen LogP contribution in [0.15, 0.2) is 76.7 Å². The lowest BCUT2D eigenvalue weighted by atomic mass is 9.81. The average Bonchev–Trinajstić information content (AvgIpc) is 3.21. The summed E-state index contributed by atoms with van der Waals surface area (Å²) in [5.41, 5.74) is 8.55.